The second kappa shape index (κ2) is 11.8. The first-order valence-corrected chi connectivity index (χ1v) is 18.0. The van der Waals surface area contributed by atoms with Crippen LogP contribution in [0.1, 0.15) is 78.4 Å². The standard InChI is InChI=1S/C28H43N3O6Si2/c1-18(2)38(19(3)4)34-17-24-23(36-39(37-38,20(5)6)21(7)8)16-26(35-24)31-15-14-25(30-28(31)33)29-27(32)22-12-10-9-11-13-22/h9-15,18-21,23-24,26H,16-17H2,1-8H3,(H,29,30,32,33)/t23-,24+,26+/m0/s1. The molecular weight excluding hydrogens is 530 g/mol. The van der Waals surface area contributed by atoms with Crippen LogP contribution in [-0.4, -0.2) is 51.4 Å². The van der Waals surface area contributed by atoms with E-state index in [9.17, 15) is 9.59 Å². The lowest BCUT2D eigenvalue weighted by atomic mass is 10.2. The summed E-state index contributed by atoms with van der Waals surface area (Å²) < 4.78 is 29.0. The van der Waals surface area contributed by atoms with Gasteiger partial charge in [0.25, 0.3) is 5.91 Å². The SMILES string of the molecule is CC(C)[Si]1(C(C)C)OC[C@H]2O[C@@H](n3ccc(NC(=O)c4ccccc4)nc3=O)C[C@@H]2O[Si](C(C)C)(C(C)C)O1. The molecule has 1 aromatic carbocycles. The number of benzene rings is 1. The first-order valence-electron chi connectivity index (χ1n) is 14.0. The van der Waals surface area contributed by atoms with Crippen LogP contribution in [0.25, 0.3) is 0 Å². The molecule has 2 aliphatic rings. The molecule has 1 amide bonds. The number of amides is 1. The molecule has 2 fully saturated rings. The van der Waals surface area contributed by atoms with Gasteiger partial charge in [-0.25, -0.2) is 4.79 Å². The molecule has 3 heterocycles. The van der Waals surface area contributed by atoms with Gasteiger partial charge >= 0.3 is 22.8 Å². The molecule has 214 valence electrons. The minimum Gasteiger partial charge on any atom is -0.414 e. The van der Waals surface area contributed by atoms with Gasteiger partial charge in [-0.2, -0.15) is 4.98 Å². The highest BCUT2D eigenvalue weighted by atomic mass is 28.5. The lowest BCUT2D eigenvalue weighted by Gasteiger charge is -2.51. The number of nitrogens with zero attached hydrogens (tertiary/aromatic N) is 2. The molecule has 0 bridgehead atoms. The van der Waals surface area contributed by atoms with Gasteiger partial charge in [0.05, 0.1) is 12.7 Å². The number of ether oxygens (including phenoxy) is 1. The molecule has 1 aromatic heterocycles. The molecule has 2 saturated heterocycles. The van der Waals surface area contributed by atoms with Crippen LogP contribution in [0.4, 0.5) is 5.82 Å². The molecular formula is C28H43N3O6Si2. The second-order valence-corrected chi connectivity index (χ2v) is 20.7. The highest BCUT2D eigenvalue weighted by Gasteiger charge is 2.60. The molecule has 1 N–H and O–H groups in total. The molecule has 0 unspecified atom stereocenters. The van der Waals surface area contributed by atoms with Crippen LogP contribution in [-0.2, 0) is 17.7 Å². The van der Waals surface area contributed by atoms with Crippen LogP contribution >= 0.6 is 0 Å². The smallest absolute Gasteiger partial charge is 0.351 e. The number of nitrogens with one attached hydrogen (secondary N) is 1. The zero-order valence-electron chi connectivity index (χ0n) is 24.3. The topological polar surface area (TPSA) is 101 Å². The summed E-state index contributed by atoms with van der Waals surface area (Å²) in [5.41, 5.74) is 0.889. The number of aromatic nitrogens is 2. The molecule has 11 heteroatoms. The van der Waals surface area contributed by atoms with Gasteiger partial charge in [0, 0.05) is 18.2 Å². The van der Waals surface area contributed by atoms with Crippen molar-refractivity contribution in [1.82, 2.24) is 9.55 Å². The van der Waals surface area contributed by atoms with E-state index in [4.69, 9.17) is 17.7 Å². The summed E-state index contributed by atoms with van der Waals surface area (Å²) in [6, 6.07) is 10.4. The fourth-order valence-electron chi connectivity index (χ4n) is 5.79. The third kappa shape index (κ3) is 5.84. The lowest BCUT2D eigenvalue weighted by Crippen LogP contribution is -2.65. The zero-order chi connectivity index (χ0) is 28.5. The quantitative estimate of drug-likeness (QED) is 0.422. The molecule has 4 rings (SSSR count). The Labute approximate surface area is 233 Å². The average Bonchev–Trinajstić information content (AvgIpc) is 3.25. The molecule has 2 aromatic rings. The van der Waals surface area contributed by atoms with Crippen molar-refractivity contribution < 1.29 is 22.5 Å². The number of carbonyl (C=O) groups is 1. The highest BCUT2D eigenvalue weighted by molar-refractivity contribution is 6.83. The number of anilines is 1. The van der Waals surface area contributed by atoms with Gasteiger partial charge in [-0.05, 0) is 40.4 Å². The third-order valence-electron chi connectivity index (χ3n) is 7.95. The van der Waals surface area contributed by atoms with Gasteiger partial charge in [-0.3, -0.25) is 9.36 Å². The molecule has 3 atom stereocenters. The fourth-order valence-corrected chi connectivity index (χ4v) is 17.0. The van der Waals surface area contributed by atoms with Crippen molar-refractivity contribution in [3.05, 3.63) is 58.6 Å². The summed E-state index contributed by atoms with van der Waals surface area (Å²) in [6.07, 6.45) is 0.967. The number of carbonyl (C=O) groups excluding carboxylic acids is 1. The molecule has 9 nitrogen and oxygen atoms in total. The lowest BCUT2D eigenvalue weighted by molar-refractivity contribution is -0.0565. The number of hydrogen-bond acceptors (Lipinski definition) is 7. The van der Waals surface area contributed by atoms with Gasteiger partial charge in [0.15, 0.2) is 0 Å². The Balaban J connectivity index is 1.59. The van der Waals surface area contributed by atoms with Crippen molar-refractivity contribution in [3.63, 3.8) is 0 Å². The highest BCUT2D eigenvalue weighted by Crippen LogP contribution is 2.48. The number of rotatable bonds is 7. The summed E-state index contributed by atoms with van der Waals surface area (Å²) in [4.78, 5) is 29.7. The molecule has 0 radical (unpaired) electrons. The Hall–Kier alpha value is -2.16. The van der Waals surface area contributed by atoms with Crippen LogP contribution in [0.2, 0.25) is 22.2 Å². The van der Waals surface area contributed by atoms with Gasteiger partial charge in [0.1, 0.15) is 18.1 Å². The van der Waals surface area contributed by atoms with E-state index >= 15 is 0 Å². The number of fused-ring (bicyclic) bond motifs is 1. The van der Waals surface area contributed by atoms with Crippen molar-refractivity contribution in [1.29, 1.82) is 0 Å². The molecule has 0 aliphatic carbocycles. The Morgan fingerprint density at radius 3 is 2.10 bits per heavy atom. The third-order valence-corrected chi connectivity index (χ3v) is 18.2. The second-order valence-electron chi connectivity index (χ2n) is 11.8. The maximum Gasteiger partial charge on any atom is 0.351 e. The van der Waals surface area contributed by atoms with E-state index in [-0.39, 0.29) is 46.1 Å². The van der Waals surface area contributed by atoms with Crippen molar-refractivity contribution in [3.8, 4) is 0 Å². The zero-order valence-corrected chi connectivity index (χ0v) is 26.3. The van der Waals surface area contributed by atoms with Crippen LogP contribution in [0.3, 0.4) is 0 Å². The minimum absolute atomic E-state index is 0.192. The van der Waals surface area contributed by atoms with Crippen molar-refractivity contribution in [2.45, 2.75) is 102 Å². The van der Waals surface area contributed by atoms with Gasteiger partial charge < -0.3 is 23.0 Å². The summed E-state index contributed by atoms with van der Waals surface area (Å²) in [5, 5.41) is 2.69. The summed E-state index contributed by atoms with van der Waals surface area (Å²) >= 11 is 0. The van der Waals surface area contributed by atoms with Gasteiger partial charge in [-0.1, -0.05) is 73.6 Å². The van der Waals surface area contributed by atoms with E-state index < -0.39 is 29.0 Å². The van der Waals surface area contributed by atoms with Crippen LogP contribution in [0.5, 0.6) is 0 Å². The van der Waals surface area contributed by atoms with Gasteiger partial charge in [-0.15, -0.1) is 0 Å². The minimum atomic E-state index is -2.76. The molecule has 2 aliphatic heterocycles. The van der Waals surface area contributed by atoms with E-state index in [0.717, 1.165) is 0 Å². The normalized spacial score (nSPS) is 24.6. The maximum atomic E-state index is 13.1. The van der Waals surface area contributed by atoms with E-state index in [0.29, 0.717) is 18.6 Å². The fraction of sp³-hybridized carbons (Fsp3) is 0.607. The Morgan fingerprint density at radius 2 is 1.54 bits per heavy atom. The molecule has 0 spiro atoms. The largest absolute Gasteiger partial charge is 0.414 e. The molecule has 39 heavy (non-hydrogen) atoms. The number of hydrogen-bond donors (Lipinski definition) is 1. The van der Waals surface area contributed by atoms with Crippen molar-refractivity contribution in [2.75, 3.05) is 11.9 Å². The Kier molecular flexibility index (Phi) is 8.99. The van der Waals surface area contributed by atoms with Gasteiger partial charge in [0.2, 0.25) is 0 Å². The first kappa shape index (κ1) is 29.8. The predicted octanol–water partition coefficient (Wildman–Crippen LogP) is 5.74. The molecule has 0 saturated carbocycles. The van der Waals surface area contributed by atoms with Crippen LogP contribution < -0.4 is 11.0 Å². The van der Waals surface area contributed by atoms with E-state index in [1.165, 1.54) is 4.57 Å². The van der Waals surface area contributed by atoms with Crippen LogP contribution in [0, 0.1) is 0 Å². The van der Waals surface area contributed by atoms with Crippen LogP contribution in [0.15, 0.2) is 47.4 Å². The van der Waals surface area contributed by atoms with Crippen molar-refractivity contribution in [2.24, 2.45) is 0 Å². The maximum absolute atomic E-state index is 13.1. The average molecular weight is 574 g/mol. The van der Waals surface area contributed by atoms with E-state index in [1.807, 2.05) is 6.07 Å². The first-order chi connectivity index (χ1) is 18.4. The van der Waals surface area contributed by atoms with Crippen molar-refractivity contribution >= 4 is 28.8 Å². The van der Waals surface area contributed by atoms with E-state index in [2.05, 4.69) is 65.7 Å². The Bertz CT molecular complexity index is 1190. The predicted molar refractivity (Wildman–Crippen MR) is 155 cm³/mol. The summed E-state index contributed by atoms with van der Waals surface area (Å²) in [5.74, 6) is -0.133. The summed E-state index contributed by atoms with van der Waals surface area (Å²) in [7, 11) is -5.43. The summed E-state index contributed by atoms with van der Waals surface area (Å²) in [6.45, 7) is 17.9. The van der Waals surface area contributed by atoms with E-state index in [1.54, 1.807) is 36.5 Å². The monoisotopic (exact) mass is 573 g/mol. The Morgan fingerprint density at radius 1 is 0.923 bits per heavy atom.